The van der Waals surface area contributed by atoms with Crippen molar-refractivity contribution in [1.29, 1.82) is 0 Å². The van der Waals surface area contributed by atoms with Crippen LogP contribution in [-0.4, -0.2) is 90.4 Å². The van der Waals surface area contributed by atoms with Gasteiger partial charge in [-0.05, 0) is 92.2 Å². The summed E-state index contributed by atoms with van der Waals surface area (Å²) in [7, 11) is -2.34. The van der Waals surface area contributed by atoms with Gasteiger partial charge in [0.2, 0.25) is 21.8 Å². The SMILES string of the molecule is CC[C@@H]1C[C@]1(NC(=O)[C@@H]1C[C@@H]2CN1C(=O)[C@H](C(C)(C)C)NC(=O)O[C@@H]1CCC[C@H]1CCCCCn1c(cc3cc(OC)ccc3c1=O)O2)C(=O)NS(=O)(=O)C1CC1. The van der Waals surface area contributed by atoms with Gasteiger partial charge in [-0.2, -0.15) is 0 Å². The summed E-state index contributed by atoms with van der Waals surface area (Å²) in [5, 5.41) is 6.21. The predicted octanol–water partition coefficient (Wildman–Crippen LogP) is 4.14. The Labute approximate surface area is 334 Å². The van der Waals surface area contributed by atoms with Gasteiger partial charge in [-0.15, -0.1) is 0 Å². The van der Waals surface area contributed by atoms with Crippen LogP contribution >= 0.6 is 0 Å². The fourth-order valence-corrected chi connectivity index (χ4v) is 10.4. The van der Waals surface area contributed by atoms with E-state index in [1.54, 1.807) is 35.9 Å². The number of ether oxygens (including phenoxy) is 3. The number of carbonyl (C=O) groups is 4. The number of nitrogens with one attached hydrogen (secondary N) is 3. The molecule has 57 heavy (non-hydrogen) atoms. The zero-order valence-electron chi connectivity index (χ0n) is 33.6. The molecule has 3 aliphatic carbocycles. The summed E-state index contributed by atoms with van der Waals surface area (Å²) in [6.07, 6.45) is 5.84. The number of nitrogens with zero attached hydrogens (tertiary/aromatic N) is 2. The van der Waals surface area contributed by atoms with Crippen molar-refractivity contribution in [2.75, 3.05) is 13.7 Å². The highest BCUT2D eigenvalue weighted by molar-refractivity contribution is 7.91. The Morgan fingerprint density at radius 2 is 1.75 bits per heavy atom. The highest BCUT2D eigenvalue weighted by Crippen LogP contribution is 2.47. The van der Waals surface area contributed by atoms with Crippen molar-refractivity contribution < 1.29 is 41.8 Å². The maximum absolute atomic E-state index is 14.8. The van der Waals surface area contributed by atoms with E-state index in [0.29, 0.717) is 54.6 Å². The third-order valence-corrected chi connectivity index (χ3v) is 14.5. The minimum absolute atomic E-state index is 0.00182. The third kappa shape index (κ3) is 8.47. The maximum Gasteiger partial charge on any atom is 0.408 e. The number of fused-ring (bicyclic) bond motifs is 5. The third-order valence-electron chi connectivity index (χ3n) is 12.6. The highest BCUT2D eigenvalue weighted by atomic mass is 32.2. The van der Waals surface area contributed by atoms with E-state index >= 15 is 0 Å². The molecule has 1 aromatic heterocycles. The number of methoxy groups -OCH3 is 1. The van der Waals surface area contributed by atoms with Gasteiger partial charge in [-0.25, -0.2) is 13.2 Å². The van der Waals surface area contributed by atoms with Gasteiger partial charge in [0.15, 0.2) is 5.88 Å². The molecule has 3 heterocycles. The van der Waals surface area contributed by atoms with Gasteiger partial charge in [-0.3, -0.25) is 28.5 Å². The van der Waals surface area contributed by atoms with E-state index in [0.717, 1.165) is 38.5 Å². The van der Waals surface area contributed by atoms with Gasteiger partial charge in [0, 0.05) is 24.4 Å². The minimum Gasteiger partial charge on any atom is -0.497 e. The molecule has 4 fully saturated rings. The second-order valence-corrected chi connectivity index (χ2v) is 19.7. The standard InChI is InChI=1S/C41H57N5O10S/c1-6-26-22-41(26,38(50)44-57(52,53)29-15-16-29)43-35(47)31-21-28-23-46(31)37(49)34(40(2,3)4)42-39(51)56-32-13-10-12-24(32)11-8-7-9-18-45-33(55-28)20-25-19-27(54-5)14-17-30(25)36(45)48/h14,17,19-20,24,26,28-29,31-32,34H,6-13,15-16,18,21-23H2,1-5H3,(H,42,51)(H,43,47)(H,44,50)/t24-,26-,28-,31+,32-,34-,41-/m1/s1. The van der Waals surface area contributed by atoms with Crippen LogP contribution in [0.2, 0.25) is 0 Å². The molecule has 2 bridgehead atoms. The van der Waals surface area contributed by atoms with E-state index in [2.05, 4.69) is 15.4 Å². The van der Waals surface area contributed by atoms with Crippen LogP contribution in [0.1, 0.15) is 105 Å². The van der Waals surface area contributed by atoms with Crippen molar-refractivity contribution in [3.63, 3.8) is 0 Å². The molecule has 0 unspecified atom stereocenters. The molecule has 0 radical (unpaired) electrons. The summed E-state index contributed by atoms with van der Waals surface area (Å²) in [5.41, 5.74) is -2.51. The number of aromatic nitrogens is 1. The number of carbonyl (C=O) groups excluding carboxylic acids is 4. The second-order valence-electron chi connectivity index (χ2n) is 17.7. The van der Waals surface area contributed by atoms with Crippen molar-refractivity contribution in [3.05, 3.63) is 34.6 Å². The molecule has 16 heteroatoms. The molecule has 15 nitrogen and oxygen atoms in total. The van der Waals surface area contributed by atoms with Gasteiger partial charge in [-0.1, -0.05) is 47.0 Å². The number of amides is 4. The molecule has 0 spiro atoms. The van der Waals surface area contributed by atoms with Gasteiger partial charge in [0.25, 0.3) is 11.5 Å². The maximum atomic E-state index is 14.8. The average molecular weight is 812 g/mol. The number of alkyl carbamates (subject to hydrolysis) is 1. The van der Waals surface area contributed by atoms with Crippen molar-refractivity contribution >= 4 is 44.6 Å². The zero-order valence-corrected chi connectivity index (χ0v) is 34.5. The van der Waals surface area contributed by atoms with Crippen LogP contribution in [-0.2, 0) is 35.7 Å². The van der Waals surface area contributed by atoms with Crippen molar-refractivity contribution in [1.82, 2.24) is 24.8 Å². The van der Waals surface area contributed by atoms with E-state index < -0.39 is 68.2 Å². The van der Waals surface area contributed by atoms with E-state index in [1.165, 1.54) is 4.90 Å². The van der Waals surface area contributed by atoms with Crippen LogP contribution in [0.3, 0.4) is 0 Å². The molecular weight excluding hydrogens is 755 g/mol. The molecule has 5 aliphatic rings. The Morgan fingerprint density at radius 3 is 2.44 bits per heavy atom. The van der Waals surface area contributed by atoms with E-state index in [-0.39, 0.29) is 42.9 Å². The first-order chi connectivity index (χ1) is 27.0. The largest absolute Gasteiger partial charge is 0.497 e. The Hall–Kier alpha value is -4.34. The Balaban J connectivity index is 1.24. The zero-order chi connectivity index (χ0) is 40.9. The van der Waals surface area contributed by atoms with Crippen LogP contribution in [0.15, 0.2) is 29.1 Å². The van der Waals surface area contributed by atoms with Crippen molar-refractivity contribution in [2.24, 2.45) is 17.3 Å². The fourth-order valence-electron chi connectivity index (χ4n) is 9.03. The Kier molecular flexibility index (Phi) is 11.3. The summed E-state index contributed by atoms with van der Waals surface area (Å²) >= 11 is 0. The topological polar surface area (TPSA) is 191 Å². The number of sulfonamides is 1. The van der Waals surface area contributed by atoms with E-state index in [1.807, 2.05) is 27.7 Å². The smallest absolute Gasteiger partial charge is 0.408 e. The molecule has 7 rings (SSSR count). The summed E-state index contributed by atoms with van der Waals surface area (Å²) in [4.78, 5) is 71.9. The van der Waals surface area contributed by atoms with E-state index in [4.69, 9.17) is 14.2 Å². The number of benzene rings is 1. The normalized spacial score (nSPS) is 29.8. The predicted molar refractivity (Wildman–Crippen MR) is 211 cm³/mol. The molecule has 2 aromatic rings. The summed E-state index contributed by atoms with van der Waals surface area (Å²) < 4.78 is 47.5. The molecule has 1 aromatic carbocycles. The summed E-state index contributed by atoms with van der Waals surface area (Å²) in [5.74, 6) is -1.22. The molecule has 3 saturated carbocycles. The monoisotopic (exact) mass is 811 g/mol. The molecule has 312 valence electrons. The molecule has 2 aliphatic heterocycles. The Morgan fingerprint density at radius 1 is 1.00 bits per heavy atom. The second kappa shape index (κ2) is 15.8. The fraction of sp³-hybridized carbons (Fsp3) is 0.683. The molecular formula is C41H57N5O10S. The molecule has 4 amide bonds. The summed E-state index contributed by atoms with van der Waals surface area (Å²) in [6, 6.07) is 4.76. The molecule has 3 N–H and O–H groups in total. The van der Waals surface area contributed by atoms with Crippen LogP contribution in [0.4, 0.5) is 4.79 Å². The number of pyridine rings is 1. The van der Waals surface area contributed by atoms with Crippen LogP contribution in [0, 0.1) is 17.3 Å². The van der Waals surface area contributed by atoms with Gasteiger partial charge >= 0.3 is 6.09 Å². The summed E-state index contributed by atoms with van der Waals surface area (Å²) in [6.45, 7) is 7.63. The van der Waals surface area contributed by atoms with Crippen LogP contribution in [0.5, 0.6) is 11.6 Å². The lowest BCUT2D eigenvalue weighted by atomic mass is 9.85. The van der Waals surface area contributed by atoms with Gasteiger partial charge in [0.1, 0.15) is 35.6 Å². The van der Waals surface area contributed by atoms with Crippen LogP contribution < -0.4 is 30.4 Å². The first kappa shape index (κ1) is 40.8. The Bertz CT molecular complexity index is 2080. The molecule has 1 saturated heterocycles. The van der Waals surface area contributed by atoms with Gasteiger partial charge in [0.05, 0.1) is 18.9 Å². The highest BCUT2D eigenvalue weighted by Gasteiger charge is 2.62. The van der Waals surface area contributed by atoms with Gasteiger partial charge < -0.3 is 29.7 Å². The lowest BCUT2D eigenvalue weighted by molar-refractivity contribution is -0.143. The van der Waals surface area contributed by atoms with Crippen molar-refractivity contribution in [3.8, 4) is 11.6 Å². The number of hydrogen-bond donors (Lipinski definition) is 3. The van der Waals surface area contributed by atoms with Crippen molar-refractivity contribution in [2.45, 2.75) is 146 Å². The molecule has 7 atom stereocenters. The first-order valence-corrected chi connectivity index (χ1v) is 22.1. The number of rotatable bonds is 7. The first-order valence-electron chi connectivity index (χ1n) is 20.6. The number of hydrogen-bond acceptors (Lipinski definition) is 10. The lowest BCUT2D eigenvalue weighted by Crippen LogP contribution is -2.60. The van der Waals surface area contributed by atoms with Crippen LogP contribution in [0.25, 0.3) is 10.8 Å². The lowest BCUT2D eigenvalue weighted by Gasteiger charge is -2.35. The minimum atomic E-state index is -3.89. The average Bonchev–Trinajstić information content (AvgIpc) is 4.05. The van der Waals surface area contributed by atoms with E-state index in [9.17, 15) is 32.4 Å². The quantitative estimate of drug-likeness (QED) is 0.367.